The van der Waals surface area contributed by atoms with Crippen LogP contribution in [0.5, 0.6) is 0 Å². The van der Waals surface area contributed by atoms with Crippen LogP contribution in [0.15, 0.2) is 72.0 Å². The molecule has 0 spiro atoms. The summed E-state index contributed by atoms with van der Waals surface area (Å²) in [7, 11) is 0. The van der Waals surface area contributed by atoms with E-state index in [9.17, 15) is 10.1 Å². The molecule has 4 aromatic heterocycles. The fourth-order valence-electron chi connectivity index (χ4n) is 3.68. The van der Waals surface area contributed by atoms with Crippen LogP contribution in [0.25, 0.3) is 38.8 Å². The number of imidazole rings is 1. The Morgan fingerprint density at radius 2 is 1.87 bits per heavy atom. The normalized spacial score (nSPS) is 10.8. The highest BCUT2D eigenvalue weighted by molar-refractivity contribution is 6.04. The summed E-state index contributed by atoms with van der Waals surface area (Å²) in [6.07, 6.45) is 6.57. The number of nitrogens with zero attached hydrogens (tertiary/aromatic N) is 7. The molecule has 0 fully saturated rings. The lowest BCUT2D eigenvalue weighted by molar-refractivity contribution is 0.787. The minimum absolute atomic E-state index is 0.110. The van der Waals surface area contributed by atoms with Crippen molar-refractivity contribution in [3.63, 3.8) is 0 Å². The zero-order valence-corrected chi connectivity index (χ0v) is 16.1. The second-order valence-electron chi connectivity index (χ2n) is 6.84. The predicted octanol–water partition coefficient (Wildman–Crippen LogP) is 3.19. The molecule has 0 unspecified atom stereocenters. The van der Waals surface area contributed by atoms with Crippen LogP contribution >= 0.6 is 0 Å². The van der Waals surface area contributed by atoms with Crippen LogP contribution in [0, 0.1) is 22.7 Å². The van der Waals surface area contributed by atoms with E-state index in [1.165, 1.54) is 15.3 Å². The second-order valence-corrected chi connectivity index (χ2v) is 6.84. The van der Waals surface area contributed by atoms with Gasteiger partial charge in [-0.05, 0) is 35.9 Å². The van der Waals surface area contributed by atoms with Gasteiger partial charge in [0.2, 0.25) is 0 Å². The minimum atomic E-state index is -0.371. The SMILES string of the molecule is N#CCn1c(=O)n(-c2ccc(C#N)nc2)c2c3cc(-c4cccnc4)ccc3ncc21. The highest BCUT2D eigenvalue weighted by Crippen LogP contribution is 2.29. The maximum absolute atomic E-state index is 13.3. The van der Waals surface area contributed by atoms with Gasteiger partial charge in [-0.1, -0.05) is 12.1 Å². The first-order valence-corrected chi connectivity index (χ1v) is 9.39. The van der Waals surface area contributed by atoms with Crippen molar-refractivity contribution in [1.82, 2.24) is 24.1 Å². The summed E-state index contributed by atoms with van der Waals surface area (Å²) in [5.41, 5.74) is 4.14. The third kappa shape index (κ3) is 2.91. The van der Waals surface area contributed by atoms with Gasteiger partial charge in [-0.2, -0.15) is 10.5 Å². The van der Waals surface area contributed by atoms with E-state index >= 15 is 0 Å². The van der Waals surface area contributed by atoms with Crippen molar-refractivity contribution in [3.05, 3.63) is 83.4 Å². The maximum atomic E-state index is 13.3. The summed E-state index contributed by atoms with van der Waals surface area (Å²) in [5.74, 6) is 0. The van der Waals surface area contributed by atoms with Gasteiger partial charge in [-0.25, -0.2) is 9.78 Å². The predicted molar refractivity (Wildman–Crippen MR) is 114 cm³/mol. The largest absolute Gasteiger partial charge is 0.334 e. The Morgan fingerprint density at radius 1 is 0.968 bits per heavy atom. The van der Waals surface area contributed by atoms with Crippen LogP contribution in [0.4, 0.5) is 0 Å². The molecule has 5 aromatic rings. The monoisotopic (exact) mass is 403 g/mol. The van der Waals surface area contributed by atoms with Gasteiger partial charge < -0.3 is 0 Å². The van der Waals surface area contributed by atoms with Crippen LogP contribution in [0.3, 0.4) is 0 Å². The van der Waals surface area contributed by atoms with Gasteiger partial charge in [0.1, 0.15) is 18.3 Å². The lowest BCUT2D eigenvalue weighted by atomic mass is 10.0. The Kier molecular flexibility index (Phi) is 4.24. The average Bonchev–Trinajstić information content (AvgIpc) is 3.11. The van der Waals surface area contributed by atoms with Crippen molar-refractivity contribution in [2.75, 3.05) is 0 Å². The summed E-state index contributed by atoms with van der Waals surface area (Å²) in [6.45, 7) is -0.110. The van der Waals surface area contributed by atoms with E-state index in [0.717, 1.165) is 16.5 Å². The summed E-state index contributed by atoms with van der Waals surface area (Å²) < 4.78 is 2.90. The van der Waals surface area contributed by atoms with Crippen molar-refractivity contribution in [2.24, 2.45) is 0 Å². The minimum Gasteiger partial charge on any atom is -0.276 e. The van der Waals surface area contributed by atoms with Gasteiger partial charge in [-0.3, -0.25) is 19.1 Å². The van der Waals surface area contributed by atoms with E-state index in [4.69, 9.17) is 5.26 Å². The molecule has 0 saturated heterocycles. The molecule has 4 heterocycles. The van der Waals surface area contributed by atoms with Gasteiger partial charge in [0, 0.05) is 23.3 Å². The molecule has 0 bridgehead atoms. The Labute approximate surface area is 175 Å². The number of aromatic nitrogens is 5. The molecular formula is C23H13N7O. The molecule has 31 heavy (non-hydrogen) atoms. The molecule has 0 aliphatic heterocycles. The van der Waals surface area contributed by atoms with E-state index in [2.05, 4.69) is 15.0 Å². The van der Waals surface area contributed by atoms with E-state index in [1.807, 2.05) is 42.5 Å². The molecule has 0 radical (unpaired) electrons. The third-order valence-corrected chi connectivity index (χ3v) is 5.10. The molecule has 5 rings (SSSR count). The molecule has 0 amide bonds. The van der Waals surface area contributed by atoms with Crippen LogP contribution in [-0.4, -0.2) is 24.1 Å². The summed E-state index contributed by atoms with van der Waals surface area (Å²) in [5, 5.41) is 19.1. The molecule has 146 valence electrons. The quantitative estimate of drug-likeness (QED) is 0.457. The molecule has 0 N–H and O–H groups in total. The van der Waals surface area contributed by atoms with Crippen molar-refractivity contribution in [2.45, 2.75) is 6.54 Å². The zero-order valence-electron chi connectivity index (χ0n) is 16.1. The van der Waals surface area contributed by atoms with Crippen molar-refractivity contribution < 1.29 is 0 Å². The Balaban J connectivity index is 1.89. The maximum Gasteiger partial charge on any atom is 0.334 e. The van der Waals surface area contributed by atoms with E-state index in [-0.39, 0.29) is 17.9 Å². The fourth-order valence-corrected chi connectivity index (χ4v) is 3.68. The number of benzene rings is 1. The second kappa shape index (κ2) is 7.21. The first kappa shape index (κ1) is 18.2. The van der Waals surface area contributed by atoms with Gasteiger partial charge >= 0.3 is 5.69 Å². The molecule has 8 nitrogen and oxygen atoms in total. The highest BCUT2D eigenvalue weighted by atomic mass is 16.1. The number of nitriles is 2. The molecule has 0 aliphatic carbocycles. The van der Waals surface area contributed by atoms with E-state index in [1.54, 1.807) is 30.7 Å². The van der Waals surface area contributed by atoms with Crippen molar-refractivity contribution >= 4 is 21.9 Å². The van der Waals surface area contributed by atoms with Gasteiger partial charge in [0.25, 0.3) is 0 Å². The van der Waals surface area contributed by atoms with Gasteiger partial charge in [0.05, 0.1) is 40.7 Å². The van der Waals surface area contributed by atoms with Crippen molar-refractivity contribution in [1.29, 1.82) is 10.5 Å². The molecule has 1 aromatic carbocycles. The van der Waals surface area contributed by atoms with Crippen molar-refractivity contribution in [3.8, 4) is 29.0 Å². The first-order valence-electron chi connectivity index (χ1n) is 9.39. The van der Waals surface area contributed by atoms with Crippen LogP contribution in [0.2, 0.25) is 0 Å². The van der Waals surface area contributed by atoms with E-state index < -0.39 is 0 Å². The van der Waals surface area contributed by atoms with Gasteiger partial charge in [-0.15, -0.1) is 0 Å². The topological polar surface area (TPSA) is 113 Å². The lowest BCUT2D eigenvalue weighted by Crippen LogP contribution is -2.23. The lowest BCUT2D eigenvalue weighted by Gasteiger charge is -2.08. The summed E-state index contributed by atoms with van der Waals surface area (Å²) in [6, 6.07) is 16.9. The molecule has 0 atom stereocenters. The first-order chi connectivity index (χ1) is 15.2. The number of pyridine rings is 3. The zero-order chi connectivity index (χ0) is 21.4. The average molecular weight is 403 g/mol. The smallest absolute Gasteiger partial charge is 0.276 e. The van der Waals surface area contributed by atoms with Crippen LogP contribution in [-0.2, 0) is 6.54 Å². The Hall–Kier alpha value is -4.82. The fraction of sp³-hybridized carbons (Fsp3) is 0.0435. The van der Waals surface area contributed by atoms with Gasteiger partial charge in [0.15, 0.2) is 0 Å². The standard InChI is InChI=1S/C23H13N7O/c24-7-9-29-21-14-28-20-6-3-15(16-2-1-8-26-12-16)10-19(20)22(21)30(23(29)31)18-5-4-17(11-25)27-13-18/h1-6,8,10,12-14H,9H2. The molecule has 8 heteroatoms. The highest BCUT2D eigenvalue weighted by Gasteiger charge is 2.18. The number of hydrogen-bond acceptors (Lipinski definition) is 6. The Morgan fingerprint density at radius 3 is 2.58 bits per heavy atom. The van der Waals surface area contributed by atoms with Crippen LogP contribution in [0.1, 0.15) is 5.69 Å². The van der Waals surface area contributed by atoms with Crippen LogP contribution < -0.4 is 5.69 Å². The summed E-state index contributed by atoms with van der Waals surface area (Å²) in [4.78, 5) is 26.1. The summed E-state index contributed by atoms with van der Waals surface area (Å²) >= 11 is 0. The third-order valence-electron chi connectivity index (χ3n) is 5.10. The molecular weight excluding hydrogens is 390 g/mol. The number of rotatable bonds is 3. The Bertz CT molecular complexity index is 1580. The number of hydrogen-bond donors (Lipinski definition) is 0. The number of fused-ring (bicyclic) bond motifs is 3. The molecule has 0 aliphatic rings. The van der Waals surface area contributed by atoms with E-state index in [0.29, 0.717) is 22.2 Å². The molecule has 0 saturated carbocycles.